The summed E-state index contributed by atoms with van der Waals surface area (Å²) in [6, 6.07) is 0. The number of unbranched alkanes of at least 4 members (excludes halogenated alkanes) is 8. The number of rotatable bonds is 13. The summed E-state index contributed by atoms with van der Waals surface area (Å²) in [4.78, 5) is 21.6. The van der Waals surface area contributed by atoms with Crippen LogP contribution in [0.15, 0.2) is 0 Å². The van der Waals surface area contributed by atoms with E-state index in [1.54, 1.807) is 0 Å². The zero-order valence-electron chi connectivity index (χ0n) is 12.2. The molecular weight excluding hydrogens is 282 g/mol. The molecule has 0 saturated heterocycles. The number of carbonyl (C=O) groups excluding carboxylic acids is 1. The van der Waals surface area contributed by atoms with Crippen LogP contribution in [-0.2, 0) is 9.59 Å². The summed E-state index contributed by atoms with van der Waals surface area (Å²) in [5, 5.41) is 11.0. The summed E-state index contributed by atoms with van der Waals surface area (Å²) in [6.07, 6.45) is 11.6. The molecule has 0 fully saturated rings. The minimum absolute atomic E-state index is 0. The molecule has 2 N–H and O–H groups in total. The quantitative estimate of drug-likeness (QED) is 0.406. The number of carboxylic acid groups (broad SMARTS) is 1. The maximum absolute atomic E-state index is 11.3. The van der Waals surface area contributed by atoms with E-state index in [1.165, 1.54) is 44.9 Å². The van der Waals surface area contributed by atoms with Crippen LogP contribution in [0.5, 0.6) is 0 Å². The molecule has 116 valence electrons. The van der Waals surface area contributed by atoms with Crippen LogP contribution < -0.4 is 5.32 Å². The standard InChI is InChI=1S/C15H29NO3.Ca.2H/c1-2-3-4-5-6-7-8-9-10-11-14(17)16-13-12-15(18)19;;;/h2-13H2,1H3,(H,16,17)(H,18,19);;;. The van der Waals surface area contributed by atoms with E-state index >= 15 is 0 Å². The Hall–Kier alpha value is 0.200. The molecule has 0 atom stereocenters. The van der Waals surface area contributed by atoms with E-state index in [1.807, 2.05) is 0 Å². The van der Waals surface area contributed by atoms with Crippen LogP contribution in [0.2, 0.25) is 0 Å². The second-order valence-corrected chi connectivity index (χ2v) is 5.07. The van der Waals surface area contributed by atoms with Crippen LogP contribution in [0, 0.1) is 0 Å². The van der Waals surface area contributed by atoms with Gasteiger partial charge < -0.3 is 10.4 Å². The molecule has 0 aromatic carbocycles. The molecule has 0 rings (SSSR count). The van der Waals surface area contributed by atoms with Gasteiger partial charge in [-0.05, 0) is 6.42 Å². The van der Waals surface area contributed by atoms with Gasteiger partial charge in [0, 0.05) is 13.0 Å². The van der Waals surface area contributed by atoms with Crippen molar-refractivity contribution >= 4 is 49.6 Å². The second kappa shape index (κ2) is 17.3. The fraction of sp³-hybridized carbons (Fsp3) is 0.867. The van der Waals surface area contributed by atoms with Crippen molar-refractivity contribution in [3.05, 3.63) is 0 Å². The van der Waals surface area contributed by atoms with E-state index in [-0.39, 0.29) is 56.6 Å². The molecule has 20 heavy (non-hydrogen) atoms. The first-order valence-electron chi connectivity index (χ1n) is 7.65. The van der Waals surface area contributed by atoms with Gasteiger partial charge in [0.2, 0.25) is 5.91 Å². The number of carboxylic acids is 1. The van der Waals surface area contributed by atoms with Gasteiger partial charge in [0.1, 0.15) is 0 Å². The second-order valence-electron chi connectivity index (χ2n) is 5.07. The Morgan fingerprint density at radius 2 is 1.35 bits per heavy atom. The van der Waals surface area contributed by atoms with E-state index in [0.717, 1.165) is 12.8 Å². The third-order valence-electron chi connectivity index (χ3n) is 3.17. The summed E-state index contributed by atoms with van der Waals surface area (Å²) in [6.45, 7) is 2.47. The van der Waals surface area contributed by atoms with Crippen molar-refractivity contribution < 1.29 is 14.7 Å². The van der Waals surface area contributed by atoms with Crippen molar-refractivity contribution in [1.29, 1.82) is 0 Å². The fourth-order valence-electron chi connectivity index (χ4n) is 1.99. The molecule has 0 aliphatic rings. The Kier molecular flexibility index (Phi) is 19.4. The van der Waals surface area contributed by atoms with Crippen molar-refractivity contribution in [2.75, 3.05) is 6.54 Å². The molecule has 0 radical (unpaired) electrons. The first-order valence-corrected chi connectivity index (χ1v) is 7.65. The molecule has 0 bridgehead atoms. The molecule has 0 saturated carbocycles. The summed E-state index contributed by atoms with van der Waals surface area (Å²) in [5.74, 6) is -0.896. The SMILES string of the molecule is CCCCCCCCCCCC(=O)NCCC(=O)O.[CaH2]. The molecule has 4 nitrogen and oxygen atoms in total. The van der Waals surface area contributed by atoms with Gasteiger partial charge in [-0.25, -0.2) is 0 Å². The number of carbonyl (C=O) groups is 2. The Morgan fingerprint density at radius 3 is 1.85 bits per heavy atom. The molecular formula is C15H31CaNO3. The molecule has 0 aliphatic heterocycles. The molecule has 0 aromatic rings. The van der Waals surface area contributed by atoms with Crippen LogP contribution in [0.25, 0.3) is 0 Å². The summed E-state index contributed by atoms with van der Waals surface area (Å²) in [5.41, 5.74) is 0. The molecule has 0 aromatic heterocycles. The van der Waals surface area contributed by atoms with E-state index in [0.29, 0.717) is 6.42 Å². The molecule has 0 heterocycles. The van der Waals surface area contributed by atoms with Crippen LogP contribution in [0.3, 0.4) is 0 Å². The molecule has 5 heteroatoms. The van der Waals surface area contributed by atoms with Crippen molar-refractivity contribution in [1.82, 2.24) is 5.32 Å². The fourth-order valence-corrected chi connectivity index (χ4v) is 1.99. The van der Waals surface area contributed by atoms with Gasteiger partial charge in [0.15, 0.2) is 0 Å². The maximum atomic E-state index is 11.3. The van der Waals surface area contributed by atoms with Gasteiger partial charge in [-0.15, -0.1) is 0 Å². The number of nitrogens with one attached hydrogen (secondary N) is 1. The molecule has 0 aliphatic carbocycles. The molecule has 1 amide bonds. The van der Waals surface area contributed by atoms with E-state index in [9.17, 15) is 9.59 Å². The monoisotopic (exact) mass is 313 g/mol. The number of amides is 1. The Bertz CT molecular complexity index is 247. The van der Waals surface area contributed by atoms with Crippen LogP contribution in [0.4, 0.5) is 0 Å². The third kappa shape index (κ3) is 18.2. The summed E-state index contributed by atoms with van der Waals surface area (Å²) >= 11 is 0. The first kappa shape index (κ1) is 22.5. The van der Waals surface area contributed by atoms with Gasteiger partial charge in [0.25, 0.3) is 0 Å². The normalized spacial score (nSPS) is 9.85. The van der Waals surface area contributed by atoms with Crippen molar-refractivity contribution in [3.63, 3.8) is 0 Å². The first-order chi connectivity index (χ1) is 9.16. The van der Waals surface area contributed by atoms with Crippen LogP contribution in [0.1, 0.15) is 77.6 Å². The third-order valence-corrected chi connectivity index (χ3v) is 3.17. The van der Waals surface area contributed by atoms with Gasteiger partial charge in [-0.1, -0.05) is 58.3 Å². The zero-order chi connectivity index (χ0) is 14.3. The van der Waals surface area contributed by atoms with E-state index in [2.05, 4.69) is 12.2 Å². The van der Waals surface area contributed by atoms with E-state index in [4.69, 9.17) is 5.11 Å². The Labute approximate surface area is 153 Å². The van der Waals surface area contributed by atoms with E-state index < -0.39 is 5.97 Å². The van der Waals surface area contributed by atoms with Crippen molar-refractivity contribution in [3.8, 4) is 0 Å². The van der Waals surface area contributed by atoms with Crippen molar-refractivity contribution in [2.45, 2.75) is 77.6 Å². The average molecular weight is 313 g/mol. The van der Waals surface area contributed by atoms with Crippen LogP contribution >= 0.6 is 0 Å². The predicted octanol–water partition coefficient (Wildman–Crippen LogP) is 2.58. The molecule has 0 spiro atoms. The zero-order valence-corrected chi connectivity index (χ0v) is 12.2. The number of hydrogen-bond donors (Lipinski definition) is 2. The topological polar surface area (TPSA) is 66.4 Å². The Balaban J connectivity index is 0. The van der Waals surface area contributed by atoms with Gasteiger partial charge in [-0.3, -0.25) is 9.59 Å². The van der Waals surface area contributed by atoms with Crippen molar-refractivity contribution in [2.24, 2.45) is 0 Å². The summed E-state index contributed by atoms with van der Waals surface area (Å²) < 4.78 is 0. The van der Waals surface area contributed by atoms with Gasteiger partial charge >= 0.3 is 43.7 Å². The Morgan fingerprint density at radius 1 is 0.850 bits per heavy atom. The van der Waals surface area contributed by atoms with Gasteiger partial charge in [-0.2, -0.15) is 0 Å². The summed E-state index contributed by atoms with van der Waals surface area (Å²) in [7, 11) is 0. The van der Waals surface area contributed by atoms with Gasteiger partial charge in [0.05, 0.1) is 6.42 Å². The number of hydrogen-bond acceptors (Lipinski definition) is 2. The molecule has 0 unspecified atom stereocenters. The average Bonchev–Trinajstić information content (AvgIpc) is 2.36. The minimum atomic E-state index is -0.872. The predicted molar refractivity (Wildman–Crippen MR) is 85.7 cm³/mol. The van der Waals surface area contributed by atoms with Crippen LogP contribution in [-0.4, -0.2) is 61.3 Å². The number of aliphatic carboxylic acids is 1.